The standard InChI is InChI=1S/C13H20N2O/c1-10-4-5-12(8-11(10)2)9-13(16)15-7-3-6-14/h4-5,8H,3,6-7,9,14H2,1-2H3,(H,15,16). The Bertz CT molecular complexity index is 361. The lowest BCUT2D eigenvalue weighted by Crippen LogP contribution is -2.27. The van der Waals surface area contributed by atoms with E-state index in [9.17, 15) is 4.79 Å². The molecule has 0 aliphatic rings. The van der Waals surface area contributed by atoms with E-state index in [4.69, 9.17) is 5.73 Å². The van der Waals surface area contributed by atoms with E-state index in [0.717, 1.165) is 12.0 Å². The molecule has 1 aromatic carbocycles. The van der Waals surface area contributed by atoms with E-state index in [0.29, 0.717) is 19.5 Å². The highest BCUT2D eigenvalue weighted by molar-refractivity contribution is 5.78. The molecule has 3 nitrogen and oxygen atoms in total. The van der Waals surface area contributed by atoms with Crippen molar-refractivity contribution in [2.45, 2.75) is 26.7 Å². The largest absolute Gasteiger partial charge is 0.356 e. The molecule has 1 rings (SSSR count). The molecule has 0 saturated carbocycles. The molecule has 1 aromatic rings. The zero-order valence-electron chi connectivity index (χ0n) is 10.0. The number of nitrogens with two attached hydrogens (primary N) is 1. The van der Waals surface area contributed by atoms with E-state index in [1.54, 1.807) is 0 Å². The zero-order chi connectivity index (χ0) is 12.0. The molecule has 0 aliphatic heterocycles. The van der Waals surface area contributed by atoms with Crippen molar-refractivity contribution in [2.24, 2.45) is 5.73 Å². The molecule has 0 heterocycles. The van der Waals surface area contributed by atoms with Crippen molar-refractivity contribution < 1.29 is 4.79 Å². The molecule has 0 unspecified atom stereocenters. The van der Waals surface area contributed by atoms with Gasteiger partial charge in [0.15, 0.2) is 0 Å². The fourth-order valence-corrected chi connectivity index (χ4v) is 1.49. The summed E-state index contributed by atoms with van der Waals surface area (Å²) in [6, 6.07) is 6.13. The first-order chi connectivity index (χ1) is 7.63. The van der Waals surface area contributed by atoms with Crippen molar-refractivity contribution in [3.8, 4) is 0 Å². The summed E-state index contributed by atoms with van der Waals surface area (Å²) in [5.74, 6) is 0.0664. The van der Waals surface area contributed by atoms with Gasteiger partial charge in [-0.3, -0.25) is 4.79 Å². The van der Waals surface area contributed by atoms with Gasteiger partial charge in [0.05, 0.1) is 6.42 Å². The number of carbonyl (C=O) groups excluding carboxylic acids is 1. The molecule has 3 N–H and O–H groups in total. The number of hydrogen-bond acceptors (Lipinski definition) is 2. The summed E-state index contributed by atoms with van der Waals surface area (Å²) in [7, 11) is 0. The highest BCUT2D eigenvalue weighted by Gasteiger charge is 2.03. The second-order valence-corrected chi connectivity index (χ2v) is 4.09. The van der Waals surface area contributed by atoms with Crippen LogP contribution in [0.25, 0.3) is 0 Å². The molecule has 0 radical (unpaired) electrons. The minimum atomic E-state index is 0.0664. The first kappa shape index (κ1) is 12.7. The third kappa shape index (κ3) is 4.03. The molecule has 88 valence electrons. The zero-order valence-corrected chi connectivity index (χ0v) is 10.0. The minimum absolute atomic E-state index is 0.0664. The number of nitrogens with one attached hydrogen (secondary N) is 1. The van der Waals surface area contributed by atoms with E-state index < -0.39 is 0 Å². The Labute approximate surface area is 97.0 Å². The molecule has 0 saturated heterocycles. The lowest BCUT2D eigenvalue weighted by molar-refractivity contribution is -0.120. The molecule has 0 atom stereocenters. The maximum atomic E-state index is 11.5. The van der Waals surface area contributed by atoms with Crippen molar-refractivity contribution in [3.05, 3.63) is 34.9 Å². The predicted molar refractivity (Wildman–Crippen MR) is 66.3 cm³/mol. The number of amides is 1. The monoisotopic (exact) mass is 220 g/mol. The quantitative estimate of drug-likeness (QED) is 0.735. The van der Waals surface area contributed by atoms with Gasteiger partial charge in [-0.05, 0) is 43.5 Å². The average Bonchev–Trinajstić information content (AvgIpc) is 2.24. The molecular formula is C13H20N2O. The first-order valence-electron chi connectivity index (χ1n) is 5.66. The van der Waals surface area contributed by atoms with Gasteiger partial charge in [-0.1, -0.05) is 18.2 Å². The summed E-state index contributed by atoms with van der Waals surface area (Å²) in [4.78, 5) is 11.5. The van der Waals surface area contributed by atoms with Gasteiger partial charge in [0, 0.05) is 6.54 Å². The number of benzene rings is 1. The van der Waals surface area contributed by atoms with Crippen LogP contribution in [0.2, 0.25) is 0 Å². The summed E-state index contributed by atoms with van der Waals surface area (Å²) in [5, 5.41) is 2.85. The Balaban J connectivity index is 2.46. The highest BCUT2D eigenvalue weighted by Crippen LogP contribution is 2.10. The second kappa shape index (κ2) is 6.28. The summed E-state index contributed by atoms with van der Waals surface area (Å²) in [6.07, 6.45) is 1.28. The van der Waals surface area contributed by atoms with Crippen LogP contribution in [0.4, 0.5) is 0 Å². The summed E-state index contributed by atoms with van der Waals surface area (Å²) in [5.41, 5.74) is 8.90. The Hall–Kier alpha value is -1.35. The predicted octanol–water partition coefficient (Wildman–Crippen LogP) is 1.31. The first-order valence-corrected chi connectivity index (χ1v) is 5.66. The van der Waals surface area contributed by atoms with Gasteiger partial charge < -0.3 is 11.1 Å². The van der Waals surface area contributed by atoms with Crippen LogP contribution in [0, 0.1) is 13.8 Å². The topological polar surface area (TPSA) is 55.1 Å². The minimum Gasteiger partial charge on any atom is -0.356 e. The van der Waals surface area contributed by atoms with E-state index in [-0.39, 0.29) is 5.91 Å². The van der Waals surface area contributed by atoms with Crippen molar-refractivity contribution in [2.75, 3.05) is 13.1 Å². The Kier molecular flexibility index (Phi) is 4.99. The SMILES string of the molecule is Cc1ccc(CC(=O)NCCCN)cc1C. The van der Waals surface area contributed by atoms with Gasteiger partial charge in [-0.2, -0.15) is 0 Å². The fraction of sp³-hybridized carbons (Fsp3) is 0.462. The number of aryl methyl sites for hydroxylation is 2. The Morgan fingerprint density at radius 2 is 2.06 bits per heavy atom. The molecule has 0 spiro atoms. The van der Waals surface area contributed by atoms with Gasteiger partial charge in [-0.15, -0.1) is 0 Å². The van der Waals surface area contributed by atoms with Gasteiger partial charge >= 0.3 is 0 Å². The fourth-order valence-electron chi connectivity index (χ4n) is 1.49. The van der Waals surface area contributed by atoms with Crippen LogP contribution in [-0.4, -0.2) is 19.0 Å². The van der Waals surface area contributed by atoms with Crippen LogP contribution >= 0.6 is 0 Å². The summed E-state index contributed by atoms with van der Waals surface area (Å²) < 4.78 is 0. The van der Waals surface area contributed by atoms with Crippen LogP contribution in [0.3, 0.4) is 0 Å². The van der Waals surface area contributed by atoms with Crippen molar-refractivity contribution in [1.29, 1.82) is 0 Å². The number of rotatable bonds is 5. The van der Waals surface area contributed by atoms with Crippen LogP contribution in [-0.2, 0) is 11.2 Å². The maximum absolute atomic E-state index is 11.5. The van der Waals surface area contributed by atoms with E-state index in [2.05, 4.69) is 31.3 Å². The van der Waals surface area contributed by atoms with Gasteiger partial charge in [0.1, 0.15) is 0 Å². The molecular weight excluding hydrogens is 200 g/mol. The number of carbonyl (C=O) groups is 1. The molecule has 0 fully saturated rings. The normalized spacial score (nSPS) is 10.2. The van der Waals surface area contributed by atoms with E-state index in [1.165, 1.54) is 11.1 Å². The van der Waals surface area contributed by atoms with Crippen LogP contribution in [0.15, 0.2) is 18.2 Å². The van der Waals surface area contributed by atoms with Crippen LogP contribution in [0.5, 0.6) is 0 Å². The highest BCUT2D eigenvalue weighted by atomic mass is 16.1. The molecule has 16 heavy (non-hydrogen) atoms. The van der Waals surface area contributed by atoms with Crippen molar-refractivity contribution in [3.63, 3.8) is 0 Å². The molecule has 0 aromatic heterocycles. The average molecular weight is 220 g/mol. The Morgan fingerprint density at radius 3 is 2.69 bits per heavy atom. The van der Waals surface area contributed by atoms with Crippen LogP contribution in [0.1, 0.15) is 23.1 Å². The third-order valence-electron chi connectivity index (χ3n) is 2.64. The smallest absolute Gasteiger partial charge is 0.224 e. The molecule has 3 heteroatoms. The van der Waals surface area contributed by atoms with Crippen molar-refractivity contribution >= 4 is 5.91 Å². The van der Waals surface area contributed by atoms with Gasteiger partial charge in [-0.25, -0.2) is 0 Å². The third-order valence-corrected chi connectivity index (χ3v) is 2.64. The lowest BCUT2D eigenvalue weighted by Gasteiger charge is -2.06. The van der Waals surface area contributed by atoms with Crippen LogP contribution < -0.4 is 11.1 Å². The van der Waals surface area contributed by atoms with E-state index >= 15 is 0 Å². The summed E-state index contributed by atoms with van der Waals surface area (Å²) >= 11 is 0. The van der Waals surface area contributed by atoms with Crippen molar-refractivity contribution in [1.82, 2.24) is 5.32 Å². The Morgan fingerprint density at radius 1 is 1.31 bits per heavy atom. The molecule has 0 aliphatic carbocycles. The lowest BCUT2D eigenvalue weighted by atomic mass is 10.0. The second-order valence-electron chi connectivity index (χ2n) is 4.09. The van der Waals surface area contributed by atoms with E-state index in [1.807, 2.05) is 6.07 Å². The molecule has 0 bridgehead atoms. The number of hydrogen-bond donors (Lipinski definition) is 2. The summed E-state index contributed by atoms with van der Waals surface area (Å²) in [6.45, 7) is 5.41. The van der Waals surface area contributed by atoms with Gasteiger partial charge in [0.2, 0.25) is 5.91 Å². The van der Waals surface area contributed by atoms with Gasteiger partial charge in [0.25, 0.3) is 0 Å². The molecule has 1 amide bonds. The maximum Gasteiger partial charge on any atom is 0.224 e.